The molecule has 0 aromatic heterocycles. The van der Waals surface area contributed by atoms with Crippen LogP contribution in [0.4, 0.5) is 4.79 Å². The van der Waals surface area contributed by atoms with Crippen molar-refractivity contribution in [1.82, 2.24) is 5.32 Å². The molecule has 0 unspecified atom stereocenters. The van der Waals surface area contributed by atoms with Crippen molar-refractivity contribution in [3.05, 3.63) is 0 Å². The van der Waals surface area contributed by atoms with Crippen LogP contribution in [-0.2, 0) is 14.3 Å². The lowest BCUT2D eigenvalue weighted by Crippen LogP contribution is -2.53. The highest BCUT2D eigenvalue weighted by atomic mass is 16.5. The smallest absolute Gasteiger partial charge is 0.407 e. The predicted molar refractivity (Wildman–Crippen MR) is 94.9 cm³/mol. The van der Waals surface area contributed by atoms with Gasteiger partial charge in [-0.1, -0.05) is 71.1 Å². The number of carbonyl (C=O) groups excluding carboxylic acids is 2. The summed E-state index contributed by atoms with van der Waals surface area (Å²) in [6.45, 7) is 2.68. The molecule has 0 spiro atoms. The average Bonchev–Trinajstić information content (AvgIpc) is 3.06. The highest BCUT2D eigenvalue weighted by Gasteiger charge is 2.44. The van der Waals surface area contributed by atoms with Crippen LogP contribution in [0.15, 0.2) is 0 Å². The van der Waals surface area contributed by atoms with Gasteiger partial charge in [-0.15, -0.1) is 0 Å². The van der Waals surface area contributed by atoms with Crippen LogP contribution in [-0.4, -0.2) is 31.3 Å². The third-order valence-electron chi connectivity index (χ3n) is 4.86. The molecule has 1 saturated carbocycles. The number of alkyl carbamates (subject to hydrolysis) is 1. The highest BCUT2D eigenvalue weighted by molar-refractivity contribution is 5.86. The van der Waals surface area contributed by atoms with Crippen LogP contribution in [0, 0.1) is 0 Å². The van der Waals surface area contributed by atoms with Crippen molar-refractivity contribution in [2.45, 2.75) is 95.9 Å². The minimum Gasteiger partial charge on any atom is -0.464 e. The summed E-state index contributed by atoms with van der Waals surface area (Å²) in [5.41, 5.74) is -0.869. The Labute approximate surface area is 146 Å². The van der Waals surface area contributed by atoms with E-state index in [1.54, 1.807) is 0 Å². The van der Waals surface area contributed by atoms with Crippen molar-refractivity contribution in [3.63, 3.8) is 0 Å². The van der Waals surface area contributed by atoms with E-state index < -0.39 is 11.6 Å². The monoisotopic (exact) mass is 341 g/mol. The molecule has 1 rings (SSSR count). The lowest BCUT2D eigenvalue weighted by Gasteiger charge is -2.27. The van der Waals surface area contributed by atoms with E-state index in [-0.39, 0.29) is 5.97 Å². The third-order valence-corrected chi connectivity index (χ3v) is 4.86. The molecule has 0 atom stereocenters. The molecule has 0 saturated heterocycles. The van der Waals surface area contributed by atoms with Crippen molar-refractivity contribution >= 4 is 12.1 Å². The van der Waals surface area contributed by atoms with E-state index in [1.807, 2.05) is 0 Å². The van der Waals surface area contributed by atoms with Crippen LogP contribution in [0.2, 0.25) is 0 Å². The Hall–Kier alpha value is -1.26. The van der Waals surface area contributed by atoms with Gasteiger partial charge in [-0.3, -0.25) is 0 Å². The molecule has 1 fully saturated rings. The minimum absolute atomic E-state index is 0.301. The fourth-order valence-electron chi connectivity index (χ4n) is 3.32. The van der Waals surface area contributed by atoms with E-state index in [0.29, 0.717) is 19.4 Å². The Kier molecular flexibility index (Phi) is 10.5. The number of nitrogens with one attached hydrogen (secondary N) is 1. The summed E-state index contributed by atoms with van der Waals surface area (Å²) < 4.78 is 10.1. The molecule has 1 amide bonds. The molecule has 0 aromatic carbocycles. The average molecular weight is 341 g/mol. The van der Waals surface area contributed by atoms with Crippen molar-refractivity contribution < 1.29 is 19.1 Å². The highest BCUT2D eigenvalue weighted by Crippen LogP contribution is 2.31. The minimum atomic E-state index is -0.869. The summed E-state index contributed by atoms with van der Waals surface area (Å²) >= 11 is 0. The van der Waals surface area contributed by atoms with E-state index >= 15 is 0 Å². The van der Waals surface area contributed by atoms with Crippen molar-refractivity contribution in [2.75, 3.05) is 13.7 Å². The number of amides is 1. The summed E-state index contributed by atoms with van der Waals surface area (Å²) in [4.78, 5) is 23.8. The number of ether oxygens (including phenoxy) is 2. The normalized spacial score (nSPS) is 15.9. The van der Waals surface area contributed by atoms with Gasteiger partial charge < -0.3 is 14.8 Å². The fourth-order valence-corrected chi connectivity index (χ4v) is 3.32. The SMILES string of the molecule is CCCCCCCCCCCOC(=O)C1(NC(=O)OC)CCCC1. The molecule has 0 heterocycles. The van der Waals surface area contributed by atoms with Gasteiger partial charge in [-0.05, 0) is 19.3 Å². The van der Waals surface area contributed by atoms with E-state index in [0.717, 1.165) is 25.7 Å². The molecule has 5 heteroatoms. The van der Waals surface area contributed by atoms with E-state index in [4.69, 9.17) is 4.74 Å². The number of rotatable bonds is 12. The van der Waals surface area contributed by atoms with Crippen LogP contribution in [0.25, 0.3) is 0 Å². The second kappa shape index (κ2) is 12.2. The van der Waals surface area contributed by atoms with Gasteiger partial charge in [0, 0.05) is 0 Å². The van der Waals surface area contributed by atoms with Gasteiger partial charge in [0.05, 0.1) is 13.7 Å². The molecule has 0 bridgehead atoms. The largest absolute Gasteiger partial charge is 0.464 e. The van der Waals surface area contributed by atoms with Gasteiger partial charge in [0.15, 0.2) is 0 Å². The predicted octanol–water partition coefficient (Wildman–Crippen LogP) is 4.73. The van der Waals surface area contributed by atoms with Crippen molar-refractivity contribution in [2.24, 2.45) is 0 Å². The lowest BCUT2D eigenvalue weighted by atomic mass is 9.98. The Morgan fingerprint density at radius 2 is 1.46 bits per heavy atom. The molecular weight excluding hydrogens is 306 g/mol. The van der Waals surface area contributed by atoms with Crippen molar-refractivity contribution in [1.29, 1.82) is 0 Å². The summed E-state index contributed by atoms with van der Waals surface area (Å²) in [7, 11) is 1.31. The number of methoxy groups -OCH3 is 1. The van der Waals surface area contributed by atoms with Crippen LogP contribution in [0.5, 0.6) is 0 Å². The summed E-state index contributed by atoms with van der Waals surface area (Å²) in [5, 5.41) is 2.69. The third kappa shape index (κ3) is 7.54. The molecule has 0 aliphatic heterocycles. The summed E-state index contributed by atoms with van der Waals surface area (Å²) in [5.74, 6) is -0.301. The van der Waals surface area contributed by atoms with Gasteiger partial charge in [-0.2, -0.15) is 0 Å². The van der Waals surface area contributed by atoms with Gasteiger partial charge in [0.2, 0.25) is 0 Å². The first kappa shape index (κ1) is 20.8. The van der Waals surface area contributed by atoms with E-state index in [1.165, 1.54) is 52.1 Å². The van der Waals surface area contributed by atoms with Gasteiger partial charge in [0.1, 0.15) is 5.54 Å². The maximum absolute atomic E-state index is 12.4. The van der Waals surface area contributed by atoms with Crippen LogP contribution < -0.4 is 5.32 Å². The molecule has 140 valence electrons. The number of hydrogen-bond acceptors (Lipinski definition) is 4. The first-order chi connectivity index (χ1) is 11.6. The van der Waals surface area contributed by atoms with Gasteiger partial charge in [-0.25, -0.2) is 9.59 Å². The summed E-state index contributed by atoms with van der Waals surface area (Å²) in [6.07, 6.45) is 13.7. The Balaban J connectivity index is 2.12. The maximum Gasteiger partial charge on any atom is 0.407 e. The second-order valence-electron chi connectivity index (χ2n) is 6.87. The van der Waals surface area contributed by atoms with Crippen LogP contribution in [0.3, 0.4) is 0 Å². The van der Waals surface area contributed by atoms with Crippen LogP contribution in [0.1, 0.15) is 90.4 Å². The van der Waals surface area contributed by atoms with Gasteiger partial charge in [0.25, 0.3) is 0 Å². The Bertz CT molecular complexity index is 364. The molecular formula is C19H35NO4. The zero-order valence-corrected chi connectivity index (χ0v) is 15.5. The Morgan fingerprint density at radius 3 is 2.00 bits per heavy atom. The number of hydrogen-bond donors (Lipinski definition) is 1. The topological polar surface area (TPSA) is 64.6 Å². The molecule has 24 heavy (non-hydrogen) atoms. The van der Waals surface area contributed by atoms with E-state index in [9.17, 15) is 9.59 Å². The maximum atomic E-state index is 12.4. The standard InChI is InChI=1S/C19H35NO4/c1-3-4-5-6-7-8-9-10-13-16-24-17(21)19(14-11-12-15-19)20-18(22)23-2/h3-16H2,1-2H3,(H,20,22). The summed E-state index contributed by atoms with van der Waals surface area (Å²) in [6, 6.07) is 0. The van der Waals surface area contributed by atoms with Crippen molar-refractivity contribution in [3.8, 4) is 0 Å². The fraction of sp³-hybridized carbons (Fsp3) is 0.895. The first-order valence-corrected chi connectivity index (χ1v) is 9.68. The van der Waals surface area contributed by atoms with Gasteiger partial charge >= 0.3 is 12.1 Å². The first-order valence-electron chi connectivity index (χ1n) is 9.68. The number of carbonyl (C=O) groups is 2. The van der Waals surface area contributed by atoms with Crippen LogP contribution >= 0.6 is 0 Å². The quantitative estimate of drug-likeness (QED) is 0.412. The molecule has 1 aliphatic rings. The lowest BCUT2D eigenvalue weighted by molar-refractivity contribution is -0.151. The molecule has 5 nitrogen and oxygen atoms in total. The molecule has 1 N–H and O–H groups in total. The zero-order valence-electron chi connectivity index (χ0n) is 15.5. The zero-order chi connectivity index (χ0) is 17.7. The molecule has 1 aliphatic carbocycles. The second-order valence-corrected chi connectivity index (χ2v) is 6.87. The molecule has 0 aromatic rings. The number of unbranched alkanes of at least 4 members (excludes halogenated alkanes) is 8. The number of esters is 1. The van der Waals surface area contributed by atoms with E-state index in [2.05, 4.69) is 17.0 Å². The molecule has 0 radical (unpaired) electrons. The Morgan fingerprint density at radius 1 is 0.917 bits per heavy atom.